The average molecular weight is 307 g/mol. The fourth-order valence-corrected chi connectivity index (χ4v) is 2.72. The van der Waals surface area contributed by atoms with Crippen molar-refractivity contribution in [2.75, 3.05) is 46.4 Å². The van der Waals surface area contributed by atoms with Crippen LogP contribution in [0.15, 0.2) is 18.2 Å². The molecule has 0 amide bonds. The zero-order valence-corrected chi connectivity index (χ0v) is 13.5. The first-order valence-corrected chi connectivity index (χ1v) is 7.91. The normalized spacial score (nSPS) is 16.6. The standard InChI is InChI=1S/C16H25N3O3/c1-3-22-16-7-6-14(13-15(16)19(20)21)5-4-8-18-11-9-17(2)10-12-18/h6-7,13H,3-5,8-12H2,1-2H3. The van der Waals surface area contributed by atoms with E-state index >= 15 is 0 Å². The molecule has 0 spiro atoms. The van der Waals surface area contributed by atoms with Crippen LogP contribution in [-0.2, 0) is 6.42 Å². The van der Waals surface area contributed by atoms with Crippen LogP contribution in [0.1, 0.15) is 18.9 Å². The van der Waals surface area contributed by atoms with Crippen LogP contribution in [-0.4, -0.2) is 61.1 Å². The van der Waals surface area contributed by atoms with Gasteiger partial charge >= 0.3 is 5.69 Å². The topological polar surface area (TPSA) is 58.8 Å². The van der Waals surface area contributed by atoms with Gasteiger partial charge in [0.15, 0.2) is 5.75 Å². The number of aryl methyl sites for hydroxylation is 1. The van der Waals surface area contributed by atoms with Gasteiger partial charge in [0.2, 0.25) is 0 Å². The number of benzene rings is 1. The summed E-state index contributed by atoms with van der Waals surface area (Å²) < 4.78 is 5.31. The van der Waals surface area contributed by atoms with Crippen molar-refractivity contribution in [1.82, 2.24) is 9.80 Å². The molecule has 1 saturated heterocycles. The molecule has 1 aromatic carbocycles. The predicted molar refractivity (Wildman–Crippen MR) is 86.5 cm³/mol. The van der Waals surface area contributed by atoms with E-state index in [1.165, 1.54) is 0 Å². The molecule has 2 rings (SSSR count). The third-order valence-electron chi connectivity index (χ3n) is 4.06. The number of nitro groups is 1. The van der Waals surface area contributed by atoms with Crippen LogP contribution in [0.4, 0.5) is 5.69 Å². The minimum absolute atomic E-state index is 0.0685. The second-order valence-electron chi connectivity index (χ2n) is 5.74. The summed E-state index contributed by atoms with van der Waals surface area (Å²) in [4.78, 5) is 15.5. The number of nitrogens with zero attached hydrogens (tertiary/aromatic N) is 3. The second kappa shape index (κ2) is 8.10. The summed E-state index contributed by atoms with van der Waals surface area (Å²) in [6.45, 7) is 7.77. The number of rotatable bonds is 7. The average Bonchev–Trinajstić information content (AvgIpc) is 2.50. The van der Waals surface area contributed by atoms with E-state index in [9.17, 15) is 10.1 Å². The third-order valence-corrected chi connectivity index (χ3v) is 4.06. The van der Waals surface area contributed by atoms with E-state index in [2.05, 4.69) is 16.8 Å². The van der Waals surface area contributed by atoms with Gasteiger partial charge in [-0.25, -0.2) is 0 Å². The van der Waals surface area contributed by atoms with Gasteiger partial charge in [-0.05, 0) is 45.0 Å². The van der Waals surface area contributed by atoms with Crippen molar-refractivity contribution in [3.8, 4) is 5.75 Å². The lowest BCUT2D eigenvalue weighted by Gasteiger charge is -2.32. The Morgan fingerprint density at radius 1 is 1.27 bits per heavy atom. The van der Waals surface area contributed by atoms with Crippen molar-refractivity contribution < 1.29 is 9.66 Å². The molecule has 0 radical (unpaired) electrons. The van der Waals surface area contributed by atoms with Gasteiger partial charge in [0, 0.05) is 32.2 Å². The second-order valence-corrected chi connectivity index (χ2v) is 5.74. The van der Waals surface area contributed by atoms with Gasteiger partial charge in [-0.3, -0.25) is 10.1 Å². The lowest BCUT2D eigenvalue weighted by Crippen LogP contribution is -2.44. The van der Waals surface area contributed by atoms with Crippen LogP contribution in [0, 0.1) is 10.1 Å². The van der Waals surface area contributed by atoms with Gasteiger partial charge in [-0.2, -0.15) is 0 Å². The first-order valence-electron chi connectivity index (χ1n) is 7.91. The molecule has 1 heterocycles. The zero-order valence-electron chi connectivity index (χ0n) is 13.5. The van der Waals surface area contributed by atoms with Gasteiger partial charge in [0.1, 0.15) is 0 Å². The number of ether oxygens (including phenoxy) is 1. The predicted octanol–water partition coefficient (Wildman–Crippen LogP) is 2.17. The van der Waals surface area contributed by atoms with Crippen LogP contribution < -0.4 is 4.74 Å². The largest absolute Gasteiger partial charge is 0.487 e. The van der Waals surface area contributed by atoms with Crippen LogP contribution in [0.2, 0.25) is 0 Å². The van der Waals surface area contributed by atoms with E-state index in [1.54, 1.807) is 12.1 Å². The molecular weight excluding hydrogens is 282 g/mol. The molecule has 1 aliphatic rings. The van der Waals surface area contributed by atoms with E-state index in [4.69, 9.17) is 4.74 Å². The molecule has 0 N–H and O–H groups in total. The summed E-state index contributed by atoms with van der Waals surface area (Å²) in [6.07, 6.45) is 1.88. The van der Waals surface area contributed by atoms with Crippen LogP contribution in [0.3, 0.4) is 0 Å². The van der Waals surface area contributed by atoms with Crippen molar-refractivity contribution in [3.05, 3.63) is 33.9 Å². The highest BCUT2D eigenvalue weighted by molar-refractivity contribution is 5.48. The summed E-state index contributed by atoms with van der Waals surface area (Å²) in [5.41, 5.74) is 1.07. The Bertz CT molecular complexity index is 499. The quantitative estimate of drug-likeness (QED) is 0.571. The lowest BCUT2D eigenvalue weighted by atomic mass is 10.1. The molecule has 0 aromatic heterocycles. The van der Waals surface area contributed by atoms with Crippen molar-refractivity contribution in [1.29, 1.82) is 0 Å². The highest BCUT2D eigenvalue weighted by Crippen LogP contribution is 2.28. The van der Waals surface area contributed by atoms with Gasteiger partial charge in [-0.1, -0.05) is 6.07 Å². The molecule has 1 aromatic rings. The Labute approximate surface area is 131 Å². The van der Waals surface area contributed by atoms with E-state index in [0.717, 1.165) is 51.1 Å². The Morgan fingerprint density at radius 3 is 2.64 bits per heavy atom. The minimum Gasteiger partial charge on any atom is -0.487 e. The number of nitro benzene ring substituents is 1. The number of piperazine rings is 1. The molecule has 0 atom stereocenters. The molecule has 0 bridgehead atoms. The Balaban J connectivity index is 1.87. The van der Waals surface area contributed by atoms with Gasteiger partial charge in [0.25, 0.3) is 0 Å². The molecule has 6 heteroatoms. The highest BCUT2D eigenvalue weighted by Gasteiger charge is 2.16. The lowest BCUT2D eigenvalue weighted by molar-refractivity contribution is -0.385. The van der Waals surface area contributed by atoms with Crippen molar-refractivity contribution in [2.24, 2.45) is 0 Å². The van der Waals surface area contributed by atoms with Crippen molar-refractivity contribution in [2.45, 2.75) is 19.8 Å². The fourth-order valence-electron chi connectivity index (χ4n) is 2.72. The Hall–Kier alpha value is -1.66. The molecule has 22 heavy (non-hydrogen) atoms. The van der Waals surface area contributed by atoms with E-state index in [-0.39, 0.29) is 10.6 Å². The van der Waals surface area contributed by atoms with Crippen molar-refractivity contribution in [3.63, 3.8) is 0 Å². The Morgan fingerprint density at radius 2 is 2.00 bits per heavy atom. The van der Waals surface area contributed by atoms with Crippen LogP contribution in [0.25, 0.3) is 0 Å². The number of likely N-dealkylation sites (N-methyl/N-ethyl adjacent to an activating group) is 1. The van der Waals surface area contributed by atoms with Crippen LogP contribution in [0.5, 0.6) is 5.75 Å². The molecule has 6 nitrogen and oxygen atoms in total. The van der Waals surface area contributed by atoms with Gasteiger partial charge < -0.3 is 14.5 Å². The molecule has 122 valence electrons. The number of hydrogen-bond acceptors (Lipinski definition) is 5. The van der Waals surface area contributed by atoms with Crippen molar-refractivity contribution >= 4 is 5.69 Å². The van der Waals surface area contributed by atoms with E-state index in [0.29, 0.717) is 12.4 Å². The molecule has 1 aliphatic heterocycles. The maximum Gasteiger partial charge on any atom is 0.311 e. The van der Waals surface area contributed by atoms with Crippen LogP contribution >= 0.6 is 0 Å². The SMILES string of the molecule is CCOc1ccc(CCCN2CCN(C)CC2)cc1[N+](=O)[O-]. The summed E-state index contributed by atoms with van der Waals surface area (Å²) in [5, 5.41) is 11.1. The first kappa shape index (κ1) is 16.7. The van der Waals surface area contributed by atoms with E-state index in [1.807, 2.05) is 13.0 Å². The smallest absolute Gasteiger partial charge is 0.311 e. The maximum atomic E-state index is 11.1. The number of hydrogen-bond donors (Lipinski definition) is 0. The maximum absolute atomic E-state index is 11.1. The molecule has 1 fully saturated rings. The summed E-state index contributed by atoms with van der Waals surface area (Å²) >= 11 is 0. The first-order chi connectivity index (χ1) is 10.6. The fraction of sp³-hybridized carbons (Fsp3) is 0.625. The highest BCUT2D eigenvalue weighted by atomic mass is 16.6. The summed E-state index contributed by atoms with van der Waals surface area (Å²) in [5.74, 6) is 0.357. The molecule has 0 saturated carbocycles. The third kappa shape index (κ3) is 4.68. The van der Waals surface area contributed by atoms with Gasteiger partial charge in [-0.15, -0.1) is 0 Å². The monoisotopic (exact) mass is 307 g/mol. The molecular formula is C16H25N3O3. The van der Waals surface area contributed by atoms with E-state index < -0.39 is 0 Å². The van der Waals surface area contributed by atoms with Gasteiger partial charge in [0.05, 0.1) is 11.5 Å². The molecule has 0 aliphatic carbocycles. The Kier molecular flexibility index (Phi) is 6.15. The summed E-state index contributed by atoms with van der Waals surface area (Å²) in [6, 6.07) is 5.30. The molecule has 0 unspecified atom stereocenters. The zero-order chi connectivity index (χ0) is 15.9. The summed E-state index contributed by atoms with van der Waals surface area (Å²) in [7, 11) is 2.15. The minimum atomic E-state index is -0.366.